The smallest absolute Gasteiger partial charge is 0.326 e. The molecule has 0 unspecified atom stereocenters. The largest absolute Gasteiger partial charge is 0.508 e. The first-order valence-electron chi connectivity index (χ1n) is 24.3. The summed E-state index contributed by atoms with van der Waals surface area (Å²) in [6.07, 6.45) is 0.574. The molecule has 0 aromatic heterocycles. The number of thiol groups is 2. The summed E-state index contributed by atoms with van der Waals surface area (Å²) in [4.78, 5) is 109. The molecule has 4 aromatic rings. The minimum Gasteiger partial charge on any atom is -0.508 e. The highest BCUT2D eigenvalue weighted by molar-refractivity contribution is 7.80. The van der Waals surface area contributed by atoms with Gasteiger partial charge in [0.1, 0.15) is 48.0 Å². The van der Waals surface area contributed by atoms with Gasteiger partial charge in [0.15, 0.2) is 0 Å². The van der Waals surface area contributed by atoms with Crippen molar-refractivity contribution in [1.29, 1.82) is 0 Å². The second-order valence-corrected chi connectivity index (χ2v) is 18.9. The van der Waals surface area contributed by atoms with E-state index >= 15 is 0 Å². The fourth-order valence-corrected chi connectivity index (χ4v) is 8.14. The predicted molar refractivity (Wildman–Crippen MR) is 288 cm³/mol. The maximum absolute atomic E-state index is 14.8. The molecule has 7 amide bonds. The van der Waals surface area contributed by atoms with Gasteiger partial charge in [-0.25, -0.2) is 4.79 Å². The van der Waals surface area contributed by atoms with Crippen molar-refractivity contribution in [2.45, 2.75) is 108 Å². The number of aromatic hydroxyl groups is 1. The predicted octanol–water partition coefficient (Wildman–Crippen LogP) is 1.56. The molecule has 4 aromatic carbocycles. The molecule has 0 bridgehead atoms. The van der Waals surface area contributed by atoms with Crippen molar-refractivity contribution in [1.82, 2.24) is 37.2 Å². The molecule has 0 heterocycles. The SMILES string of the molecule is CC(C)[C@H](NC(=O)[C@H](CS)NC(=O)[C@H](Cc1ccc(O)cc1)NC(=O)[C@H](CCCCN)NC(=O)[C@H](Cc1ccc(-c2ccccc2)cc1)NC(=O)[C@H](Cc1ccccc1)NC(=O)[C@H](CS)NC(=O)[C@H](C)N)C(=O)O. The van der Waals surface area contributed by atoms with Gasteiger partial charge >= 0.3 is 5.97 Å². The molecular formula is C53H69N9O10S2. The molecule has 0 saturated heterocycles. The summed E-state index contributed by atoms with van der Waals surface area (Å²) >= 11 is 8.49. The van der Waals surface area contributed by atoms with Crippen LogP contribution >= 0.6 is 25.3 Å². The number of benzene rings is 4. The molecule has 21 heteroatoms. The van der Waals surface area contributed by atoms with E-state index in [0.717, 1.165) is 11.1 Å². The molecule has 0 aliphatic rings. The second kappa shape index (κ2) is 30.3. The lowest BCUT2D eigenvalue weighted by Gasteiger charge is -2.28. The Labute approximate surface area is 442 Å². The van der Waals surface area contributed by atoms with Gasteiger partial charge in [0.2, 0.25) is 41.4 Å². The highest BCUT2D eigenvalue weighted by Gasteiger charge is 2.35. The molecule has 0 aliphatic carbocycles. The van der Waals surface area contributed by atoms with Crippen LogP contribution in [-0.4, -0.2) is 124 Å². The number of nitrogens with two attached hydrogens (primary N) is 2. The van der Waals surface area contributed by atoms with Gasteiger partial charge < -0.3 is 58.9 Å². The highest BCUT2D eigenvalue weighted by Crippen LogP contribution is 2.20. The van der Waals surface area contributed by atoms with E-state index in [4.69, 9.17) is 11.5 Å². The standard InChI is InChI=1S/C53H69N9O10S2/c1-31(2)45(53(71)72)62-52(70)44(30-74)61-50(68)42(28-35-19-23-38(63)24-20-35)57-47(65)39(16-10-11-25-54)56-48(66)41(27-34-17-21-37(22-18-34)36-14-8-5-9-15-36)58-49(67)40(26-33-12-6-4-7-13-33)59-51(69)43(29-73)60-46(64)32(3)55/h4-9,12-15,17-24,31-32,39-45,63,73-74H,10-11,16,25-30,54-55H2,1-3H3,(H,56,66)(H,57,65)(H,58,67)(H,59,69)(H,60,64)(H,61,68)(H,62,70)(H,71,72)/t32-,39-,40-,41-,42-,43-,44-,45-/m0/s1. The average Bonchev–Trinajstić information content (AvgIpc) is 3.38. The number of aliphatic carboxylic acids is 1. The number of hydrogen-bond acceptors (Lipinski definition) is 13. The lowest BCUT2D eigenvalue weighted by Crippen LogP contribution is -2.61. The third-order valence-corrected chi connectivity index (χ3v) is 12.6. The van der Waals surface area contributed by atoms with Crippen LogP contribution in [0.1, 0.15) is 56.7 Å². The molecule has 8 atom stereocenters. The highest BCUT2D eigenvalue weighted by atomic mass is 32.1. The first-order valence-corrected chi connectivity index (χ1v) is 25.6. The maximum atomic E-state index is 14.8. The second-order valence-electron chi connectivity index (χ2n) is 18.2. The molecule has 13 N–H and O–H groups in total. The van der Waals surface area contributed by atoms with E-state index in [9.17, 15) is 48.6 Å². The van der Waals surface area contributed by atoms with Crippen LogP contribution in [0.25, 0.3) is 11.1 Å². The normalized spacial score (nSPS) is 14.3. The molecule has 74 heavy (non-hydrogen) atoms. The van der Waals surface area contributed by atoms with Crippen molar-refractivity contribution < 1.29 is 48.6 Å². The van der Waals surface area contributed by atoms with Gasteiger partial charge in [-0.05, 0) is 78.6 Å². The van der Waals surface area contributed by atoms with Crippen molar-refractivity contribution in [3.05, 3.63) is 126 Å². The summed E-state index contributed by atoms with van der Waals surface area (Å²) in [6.45, 7) is 4.92. The van der Waals surface area contributed by atoms with E-state index < -0.39 is 102 Å². The van der Waals surface area contributed by atoms with E-state index in [-0.39, 0.29) is 49.5 Å². The Balaban J connectivity index is 1.70. The van der Waals surface area contributed by atoms with Crippen molar-refractivity contribution in [2.75, 3.05) is 18.1 Å². The summed E-state index contributed by atoms with van der Waals surface area (Å²) in [6, 6.07) is 21.5. The Morgan fingerprint density at radius 2 is 0.838 bits per heavy atom. The van der Waals surface area contributed by atoms with Crippen molar-refractivity contribution in [3.63, 3.8) is 0 Å². The molecule has 0 aliphatic heterocycles. The monoisotopic (exact) mass is 1060 g/mol. The van der Waals surface area contributed by atoms with Crippen molar-refractivity contribution in [2.24, 2.45) is 17.4 Å². The lowest BCUT2D eigenvalue weighted by molar-refractivity contribution is -0.143. The number of hydrogen-bond donors (Lipinski definition) is 13. The van der Waals surface area contributed by atoms with Crippen LogP contribution in [0.4, 0.5) is 0 Å². The molecule has 398 valence electrons. The van der Waals surface area contributed by atoms with Crippen LogP contribution in [0.3, 0.4) is 0 Å². The summed E-state index contributed by atoms with van der Waals surface area (Å²) in [5.74, 6) is -7.55. The van der Waals surface area contributed by atoms with Gasteiger partial charge in [-0.1, -0.05) is 111 Å². The number of rotatable bonds is 29. The number of phenols is 1. The number of unbranched alkanes of at least 4 members (excludes halogenated alkanes) is 1. The third kappa shape index (κ3) is 19.2. The number of phenolic OH excluding ortho intramolecular Hbond substituents is 1. The van der Waals surface area contributed by atoms with Gasteiger partial charge in [-0.15, -0.1) is 0 Å². The maximum Gasteiger partial charge on any atom is 0.326 e. The quantitative estimate of drug-likeness (QED) is 0.0272. The average molecular weight is 1060 g/mol. The molecular weight excluding hydrogens is 987 g/mol. The topological polar surface area (TPSA) is 313 Å². The minimum atomic E-state index is -1.39. The lowest BCUT2D eigenvalue weighted by atomic mass is 9.99. The minimum absolute atomic E-state index is 0.0265. The molecule has 4 rings (SSSR count). The number of amides is 7. The first-order chi connectivity index (χ1) is 35.3. The van der Waals surface area contributed by atoms with Gasteiger partial charge in [0, 0.05) is 30.8 Å². The third-order valence-electron chi connectivity index (χ3n) is 11.9. The van der Waals surface area contributed by atoms with Crippen LogP contribution < -0.4 is 48.7 Å². The molecule has 0 spiro atoms. The number of carboxylic acids is 1. The zero-order valence-corrected chi connectivity index (χ0v) is 43.5. The fourth-order valence-electron chi connectivity index (χ4n) is 7.63. The fraction of sp³-hybridized carbons (Fsp3) is 0.396. The molecule has 0 fully saturated rings. The molecule has 0 saturated carbocycles. The number of carboxylic acid groups (broad SMARTS) is 1. The van der Waals surface area contributed by atoms with Gasteiger partial charge in [0.05, 0.1) is 6.04 Å². The van der Waals surface area contributed by atoms with Gasteiger partial charge in [0.25, 0.3) is 0 Å². The van der Waals surface area contributed by atoms with Crippen molar-refractivity contribution >= 4 is 72.6 Å². The number of carbonyl (C=O) groups excluding carboxylic acids is 7. The first kappa shape index (κ1) is 59.6. The summed E-state index contributed by atoms with van der Waals surface area (Å²) < 4.78 is 0. The molecule has 0 radical (unpaired) electrons. The Kier molecular flexibility index (Phi) is 24.4. The van der Waals surface area contributed by atoms with E-state index in [0.29, 0.717) is 29.5 Å². The summed E-state index contributed by atoms with van der Waals surface area (Å²) in [5.41, 5.74) is 15.2. The van der Waals surface area contributed by atoms with E-state index in [1.807, 2.05) is 42.5 Å². The Morgan fingerprint density at radius 3 is 1.27 bits per heavy atom. The van der Waals surface area contributed by atoms with Crippen LogP contribution in [0, 0.1) is 5.92 Å². The van der Waals surface area contributed by atoms with Crippen LogP contribution in [0.15, 0.2) is 109 Å². The Hall–Kier alpha value is -6.94. The zero-order chi connectivity index (χ0) is 54.3. The number of nitrogens with one attached hydrogen (secondary N) is 7. The summed E-state index contributed by atoms with van der Waals surface area (Å²) in [7, 11) is 0. The van der Waals surface area contributed by atoms with Gasteiger partial charge in [-0.2, -0.15) is 25.3 Å². The van der Waals surface area contributed by atoms with Crippen LogP contribution in [0.5, 0.6) is 5.75 Å². The van der Waals surface area contributed by atoms with Crippen LogP contribution in [0.2, 0.25) is 0 Å². The zero-order valence-electron chi connectivity index (χ0n) is 41.7. The van der Waals surface area contributed by atoms with E-state index in [2.05, 4.69) is 62.5 Å². The summed E-state index contributed by atoms with van der Waals surface area (Å²) in [5, 5.41) is 38.2. The van der Waals surface area contributed by atoms with E-state index in [1.165, 1.54) is 31.2 Å². The Bertz CT molecular complexity index is 2490. The number of carbonyl (C=O) groups is 8. The molecule has 19 nitrogen and oxygen atoms in total. The van der Waals surface area contributed by atoms with Crippen LogP contribution in [-0.2, 0) is 57.6 Å². The Morgan fingerprint density at radius 1 is 0.473 bits per heavy atom. The van der Waals surface area contributed by atoms with Gasteiger partial charge in [-0.3, -0.25) is 33.6 Å². The van der Waals surface area contributed by atoms with Crippen molar-refractivity contribution in [3.8, 4) is 16.9 Å². The van der Waals surface area contributed by atoms with E-state index in [1.54, 1.807) is 56.3 Å².